The maximum atomic E-state index is 14.4. The number of halogens is 14. The fraction of sp³-hybridized carbons (Fsp3) is 0.333. The molecule has 34 heavy (non-hydrogen) atoms. The lowest BCUT2D eigenvalue weighted by molar-refractivity contribution is -0.374. The second-order valence-corrected chi connectivity index (χ2v) is 6.98. The van der Waals surface area contributed by atoms with Crippen molar-refractivity contribution < 1.29 is 61.5 Å². The van der Waals surface area contributed by atoms with Gasteiger partial charge in [0.05, 0.1) is 11.1 Å². The number of nitrogen functional groups attached to an aromatic ring is 2. The molecule has 0 unspecified atom stereocenters. The number of hydrogen-bond acceptors (Lipinski definition) is 2. The van der Waals surface area contributed by atoms with E-state index in [-0.39, 0.29) is 24.3 Å². The molecule has 0 aliphatic carbocycles. The van der Waals surface area contributed by atoms with Crippen LogP contribution < -0.4 is 11.5 Å². The van der Waals surface area contributed by atoms with Gasteiger partial charge in [0, 0.05) is 22.5 Å². The highest BCUT2D eigenvalue weighted by molar-refractivity contribution is 5.49. The molecule has 0 spiro atoms. The fourth-order valence-corrected chi connectivity index (χ4v) is 2.75. The summed E-state index contributed by atoms with van der Waals surface area (Å²) in [4.78, 5) is 0. The average molecular weight is 520 g/mol. The Morgan fingerprint density at radius 1 is 0.382 bits per heavy atom. The smallest absolute Gasteiger partial charge is 0.399 e. The van der Waals surface area contributed by atoms with Crippen LogP contribution in [0.3, 0.4) is 0 Å². The van der Waals surface area contributed by atoms with Crippen LogP contribution in [0.25, 0.3) is 0 Å². The molecular formula is C18H10F14N2. The maximum absolute atomic E-state index is 14.4. The Bertz CT molecular complexity index is 984. The minimum absolute atomic E-state index is 0.0180. The molecule has 16 heteroatoms. The Balaban J connectivity index is 2.69. The molecule has 0 saturated heterocycles. The van der Waals surface area contributed by atoms with Crippen LogP contribution in [0.4, 0.5) is 72.8 Å². The highest BCUT2D eigenvalue weighted by Crippen LogP contribution is 2.59. The fourth-order valence-electron chi connectivity index (χ4n) is 2.75. The van der Waals surface area contributed by atoms with Gasteiger partial charge in [-0.3, -0.25) is 0 Å². The lowest BCUT2D eigenvalue weighted by atomic mass is 9.89. The van der Waals surface area contributed by atoms with Crippen molar-refractivity contribution in [1.82, 2.24) is 0 Å². The van der Waals surface area contributed by atoms with Crippen LogP contribution in [-0.4, -0.2) is 11.8 Å². The summed E-state index contributed by atoms with van der Waals surface area (Å²) in [6, 6.07) is -2.01. The molecule has 2 rings (SSSR count). The topological polar surface area (TPSA) is 52.0 Å². The molecule has 0 amide bonds. The summed E-state index contributed by atoms with van der Waals surface area (Å²) in [5.74, 6) is -27.1. The summed E-state index contributed by atoms with van der Waals surface area (Å²) in [6.45, 7) is 0. The van der Waals surface area contributed by atoms with Gasteiger partial charge in [0.15, 0.2) is 0 Å². The van der Waals surface area contributed by atoms with Crippen LogP contribution in [0, 0.1) is 0 Å². The standard InChI is InChI=1S/C18H10F14N2/c19-13(20,7-1-9(15(23,24)25)5-11(33)3-7)17(29,30)18(31,32)14(21,22)8-2-10(16(26,27)28)6-12(34)4-8/h1-6H,33-34H2. The number of alkyl halides is 14. The molecule has 190 valence electrons. The average Bonchev–Trinajstić information content (AvgIpc) is 2.65. The van der Waals surface area contributed by atoms with Gasteiger partial charge >= 0.3 is 36.0 Å². The molecule has 0 aliphatic heterocycles. The first-order valence-corrected chi connectivity index (χ1v) is 8.44. The van der Waals surface area contributed by atoms with Gasteiger partial charge in [-0.2, -0.15) is 61.5 Å². The predicted octanol–water partition coefficient (Wildman–Crippen LogP) is 7.04. The third-order valence-electron chi connectivity index (χ3n) is 4.47. The molecule has 2 nitrogen and oxygen atoms in total. The largest absolute Gasteiger partial charge is 0.416 e. The molecule has 4 N–H and O–H groups in total. The van der Waals surface area contributed by atoms with Crippen molar-refractivity contribution in [2.75, 3.05) is 11.5 Å². The molecule has 0 radical (unpaired) electrons. The minimum atomic E-state index is -7.15. The van der Waals surface area contributed by atoms with Gasteiger partial charge in [-0.1, -0.05) is 0 Å². The van der Waals surface area contributed by atoms with Crippen molar-refractivity contribution in [3.05, 3.63) is 58.7 Å². The zero-order valence-electron chi connectivity index (χ0n) is 15.9. The van der Waals surface area contributed by atoms with Crippen LogP contribution in [0.15, 0.2) is 36.4 Å². The zero-order valence-corrected chi connectivity index (χ0v) is 15.9. The van der Waals surface area contributed by atoms with Gasteiger partial charge in [-0.15, -0.1) is 0 Å². The van der Waals surface area contributed by atoms with E-state index in [0.29, 0.717) is 0 Å². The Hall–Kier alpha value is -2.94. The van der Waals surface area contributed by atoms with E-state index >= 15 is 0 Å². The van der Waals surface area contributed by atoms with E-state index in [1.807, 2.05) is 0 Å². The summed E-state index contributed by atoms with van der Waals surface area (Å²) >= 11 is 0. The van der Waals surface area contributed by atoms with Crippen molar-refractivity contribution in [3.8, 4) is 0 Å². The summed E-state index contributed by atoms with van der Waals surface area (Å²) in [5.41, 5.74) is -1.82. The highest BCUT2D eigenvalue weighted by Gasteiger charge is 2.81. The monoisotopic (exact) mass is 520 g/mol. The number of nitrogens with two attached hydrogens (primary N) is 2. The predicted molar refractivity (Wildman–Crippen MR) is 89.4 cm³/mol. The molecule has 0 atom stereocenters. The van der Waals surface area contributed by atoms with E-state index in [9.17, 15) is 61.5 Å². The summed E-state index contributed by atoms with van der Waals surface area (Å²) in [7, 11) is 0. The van der Waals surface area contributed by atoms with Crippen LogP contribution >= 0.6 is 0 Å². The Labute approximate surface area is 180 Å². The van der Waals surface area contributed by atoms with Crippen molar-refractivity contribution in [3.63, 3.8) is 0 Å². The minimum Gasteiger partial charge on any atom is -0.399 e. The van der Waals surface area contributed by atoms with Gasteiger partial charge in [-0.05, 0) is 36.4 Å². The van der Waals surface area contributed by atoms with Crippen molar-refractivity contribution in [1.29, 1.82) is 0 Å². The van der Waals surface area contributed by atoms with Crippen LogP contribution in [0.1, 0.15) is 22.3 Å². The Kier molecular flexibility index (Phi) is 6.26. The second-order valence-electron chi connectivity index (χ2n) is 6.98. The zero-order chi connectivity index (χ0) is 26.7. The number of rotatable bonds is 5. The Morgan fingerprint density at radius 2 is 0.618 bits per heavy atom. The second kappa shape index (κ2) is 7.80. The van der Waals surface area contributed by atoms with Gasteiger partial charge < -0.3 is 11.5 Å². The third-order valence-corrected chi connectivity index (χ3v) is 4.47. The van der Waals surface area contributed by atoms with E-state index in [2.05, 4.69) is 0 Å². The lowest BCUT2D eigenvalue weighted by Crippen LogP contribution is -2.59. The van der Waals surface area contributed by atoms with E-state index in [1.54, 1.807) is 0 Å². The van der Waals surface area contributed by atoms with Crippen molar-refractivity contribution in [2.24, 2.45) is 0 Å². The van der Waals surface area contributed by atoms with E-state index in [0.717, 1.165) is 0 Å². The summed E-state index contributed by atoms with van der Waals surface area (Å²) in [5, 5.41) is 0. The van der Waals surface area contributed by atoms with Crippen molar-refractivity contribution >= 4 is 11.4 Å². The molecule has 0 aromatic heterocycles. The summed E-state index contributed by atoms with van der Waals surface area (Å²) in [6.07, 6.45) is -10.9. The van der Waals surface area contributed by atoms with Crippen LogP contribution in [0.2, 0.25) is 0 Å². The quantitative estimate of drug-likeness (QED) is 0.328. The molecular weight excluding hydrogens is 510 g/mol. The SMILES string of the molecule is Nc1cc(C(F)(F)F)cc(C(F)(F)C(F)(F)C(F)(F)C(F)(F)c2cc(N)cc(C(F)(F)F)c2)c1. The number of hydrogen-bond donors (Lipinski definition) is 2. The normalized spacial score (nSPS) is 14.4. The first-order chi connectivity index (χ1) is 15.0. The molecule has 0 bridgehead atoms. The molecule has 0 fully saturated rings. The molecule has 2 aromatic carbocycles. The van der Waals surface area contributed by atoms with Gasteiger partial charge in [0.25, 0.3) is 0 Å². The number of benzene rings is 2. The van der Waals surface area contributed by atoms with Gasteiger partial charge in [0.2, 0.25) is 0 Å². The third kappa shape index (κ3) is 4.41. The van der Waals surface area contributed by atoms with E-state index in [1.165, 1.54) is 0 Å². The lowest BCUT2D eigenvalue weighted by Gasteiger charge is -2.37. The summed E-state index contributed by atoms with van der Waals surface area (Å²) < 4.78 is 191. The van der Waals surface area contributed by atoms with E-state index in [4.69, 9.17) is 11.5 Å². The first kappa shape index (κ1) is 27.3. The van der Waals surface area contributed by atoms with Crippen molar-refractivity contribution in [2.45, 2.75) is 36.0 Å². The molecule has 2 aromatic rings. The molecule has 0 saturated carbocycles. The maximum Gasteiger partial charge on any atom is 0.416 e. The molecule has 0 heterocycles. The highest BCUT2D eigenvalue weighted by atomic mass is 19.4. The van der Waals surface area contributed by atoms with Gasteiger partial charge in [-0.25, -0.2) is 0 Å². The van der Waals surface area contributed by atoms with E-state index < -0.39 is 81.8 Å². The molecule has 0 aliphatic rings. The first-order valence-electron chi connectivity index (χ1n) is 8.44. The van der Waals surface area contributed by atoms with Crippen LogP contribution in [-0.2, 0) is 24.2 Å². The van der Waals surface area contributed by atoms with Crippen LogP contribution in [0.5, 0.6) is 0 Å². The number of anilines is 2. The Morgan fingerprint density at radius 3 is 0.853 bits per heavy atom. The van der Waals surface area contributed by atoms with Gasteiger partial charge in [0.1, 0.15) is 0 Å².